The lowest BCUT2D eigenvalue weighted by atomic mass is 10.2. The first kappa shape index (κ1) is 13.2. The van der Waals surface area contributed by atoms with Crippen LogP contribution in [0.15, 0.2) is 40.9 Å². The molecule has 2 heterocycles. The molecule has 102 valence electrons. The first-order chi connectivity index (χ1) is 9.56. The second-order valence-electron chi connectivity index (χ2n) is 3.82. The molecule has 0 aliphatic rings. The molecule has 0 aliphatic carbocycles. The average molecular weight is 327 g/mol. The van der Waals surface area contributed by atoms with E-state index in [9.17, 15) is 8.42 Å². The third-order valence-corrected chi connectivity index (χ3v) is 4.96. The molecule has 0 fully saturated rings. The molecule has 6 nitrogen and oxygen atoms in total. The minimum atomic E-state index is -3.71. The van der Waals surface area contributed by atoms with E-state index in [0.717, 1.165) is 11.3 Å². The number of hydrogen-bond donors (Lipinski definition) is 1. The second-order valence-corrected chi connectivity index (χ2v) is 6.74. The number of anilines is 1. The van der Waals surface area contributed by atoms with Crippen LogP contribution in [0.1, 0.15) is 0 Å². The van der Waals surface area contributed by atoms with Crippen molar-refractivity contribution >= 4 is 49.0 Å². The first-order valence-corrected chi connectivity index (χ1v) is 8.13. The molecule has 3 aromatic rings. The van der Waals surface area contributed by atoms with Crippen LogP contribution in [-0.4, -0.2) is 23.6 Å². The van der Waals surface area contributed by atoms with E-state index in [-0.39, 0.29) is 10.0 Å². The quantitative estimate of drug-likeness (QED) is 0.799. The zero-order chi connectivity index (χ0) is 14.2. The van der Waals surface area contributed by atoms with Gasteiger partial charge < -0.3 is 0 Å². The molecule has 9 heteroatoms. The topological polar surface area (TPSA) is 84.8 Å². The predicted molar refractivity (Wildman–Crippen MR) is 77.5 cm³/mol. The molecule has 0 unspecified atom stereocenters. The third-order valence-electron chi connectivity index (χ3n) is 2.55. The van der Waals surface area contributed by atoms with Gasteiger partial charge >= 0.3 is 0 Å². The van der Waals surface area contributed by atoms with Crippen molar-refractivity contribution < 1.29 is 8.42 Å². The molecule has 0 amide bonds. The lowest BCUT2D eigenvalue weighted by molar-refractivity contribution is 0.601. The smallest absolute Gasteiger partial charge is 0.256 e. The Morgan fingerprint density at radius 1 is 1.25 bits per heavy atom. The Balaban J connectivity index is 2.05. The summed E-state index contributed by atoms with van der Waals surface area (Å²) in [5.74, 6) is 0. The van der Waals surface area contributed by atoms with Gasteiger partial charge in [-0.2, -0.15) is 0 Å². The van der Waals surface area contributed by atoms with Crippen LogP contribution in [0.5, 0.6) is 0 Å². The Morgan fingerprint density at radius 2 is 2.10 bits per heavy atom. The number of pyridine rings is 1. The van der Waals surface area contributed by atoms with Gasteiger partial charge in [0.1, 0.15) is 5.51 Å². The molecule has 0 saturated carbocycles. The Hall–Kier alpha value is -1.77. The van der Waals surface area contributed by atoms with Crippen molar-refractivity contribution in [2.24, 2.45) is 0 Å². The molecule has 0 saturated heterocycles. The summed E-state index contributed by atoms with van der Waals surface area (Å²) in [5, 5.41) is 8.65. The summed E-state index contributed by atoms with van der Waals surface area (Å²) in [5.41, 5.74) is 1.96. The van der Waals surface area contributed by atoms with E-state index in [0.29, 0.717) is 15.9 Å². The Bertz CT molecular complexity index is 865. The van der Waals surface area contributed by atoms with Crippen LogP contribution >= 0.6 is 22.9 Å². The summed E-state index contributed by atoms with van der Waals surface area (Å²) in [6, 6.07) is 6.21. The van der Waals surface area contributed by atoms with Crippen molar-refractivity contribution in [3.8, 4) is 0 Å². The summed E-state index contributed by atoms with van der Waals surface area (Å²) in [4.78, 5) is 4.20. The predicted octanol–water partition coefficient (Wildman–Crippen LogP) is 2.54. The van der Waals surface area contributed by atoms with Crippen LogP contribution in [0, 0.1) is 0 Å². The molecule has 3 rings (SSSR count). The lowest BCUT2D eigenvalue weighted by Crippen LogP contribution is -2.12. The zero-order valence-corrected chi connectivity index (χ0v) is 12.2. The van der Waals surface area contributed by atoms with Gasteiger partial charge in [-0.15, -0.1) is 10.2 Å². The molecule has 0 atom stereocenters. The van der Waals surface area contributed by atoms with Crippen molar-refractivity contribution in [3.63, 3.8) is 0 Å². The van der Waals surface area contributed by atoms with E-state index in [1.54, 1.807) is 12.1 Å². The van der Waals surface area contributed by atoms with Crippen molar-refractivity contribution in [1.82, 2.24) is 15.2 Å². The van der Waals surface area contributed by atoms with Gasteiger partial charge in [0.2, 0.25) is 5.13 Å². The molecule has 20 heavy (non-hydrogen) atoms. The van der Waals surface area contributed by atoms with Gasteiger partial charge in [-0.3, -0.25) is 9.71 Å². The van der Waals surface area contributed by atoms with Crippen LogP contribution in [0.25, 0.3) is 10.9 Å². The van der Waals surface area contributed by atoms with Gasteiger partial charge in [0.25, 0.3) is 10.0 Å². The summed E-state index contributed by atoms with van der Waals surface area (Å²) in [7, 11) is -3.71. The SMILES string of the molecule is O=S(=O)(Nc1nncs1)c1ccc2c(Cl)ccnc2c1. The number of nitrogens with zero attached hydrogens (tertiary/aromatic N) is 3. The van der Waals surface area contributed by atoms with Crippen LogP contribution in [0.3, 0.4) is 0 Å². The first-order valence-electron chi connectivity index (χ1n) is 5.39. The highest BCUT2D eigenvalue weighted by atomic mass is 35.5. The van der Waals surface area contributed by atoms with Gasteiger partial charge in [-0.1, -0.05) is 22.9 Å². The molecule has 1 N–H and O–H groups in total. The third kappa shape index (κ3) is 2.45. The van der Waals surface area contributed by atoms with Gasteiger partial charge in [-0.05, 0) is 24.3 Å². The van der Waals surface area contributed by atoms with Crippen molar-refractivity contribution in [1.29, 1.82) is 0 Å². The van der Waals surface area contributed by atoms with Gasteiger partial charge in [-0.25, -0.2) is 8.42 Å². The fraction of sp³-hybridized carbons (Fsp3) is 0. The number of aromatic nitrogens is 3. The maximum atomic E-state index is 12.2. The normalized spacial score (nSPS) is 11.7. The lowest BCUT2D eigenvalue weighted by Gasteiger charge is -2.06. The van der Waals surface area contributed by atoms with Crippen molar-refractivity contribution in [2.75, 3.05) is 4.72 Å². The fourth-order valence-corrected chi connectivity index (χ4v) is 3.58. The highest BCUT2D eigenvalue weighted by Crippen LogP contribution is 2.25. The number of benzene rings is 1. The van der Waals surface area contributed by atoms with Gasteiger partial charge in [0, 0.05) is 11.6 Å². The molecule has 0 bridgehead atoms. The summed E-state index contributed by atoms with van der Waals surface area (Å²) < 4.78 is 26.7. The van der Waals surface area contributed by atoms with Crippen LogP contribution in [-0.2, 0) is 10.0 Å². The van der Waals surface area contributed by atoms with E-state index in [2.05, 4.69) is 19.9 Å². The fourth-order valence-electron chi connectivity index (χ4n) is 1.65. The van der Waals surface area contributed by atoms with Gasteiger partial charge in [0.05, 0.1) is 15.4 Å². The average Bonchev–Trinajstić information content (AvgIpc) is 2.91. The molecule has 0 radical (unpaired) electrons. The van der Waals surface area contributed by atoms with E-state index < -0.39 is 10.0 Å². The van der Waals surface area contributed by atoms with E-state index in [1.165, 1.54) is 23.8 Å². The minimum Gasteiger partial charge on any atom is -0.256 e. The van der Waals surface area contributed by atoms with E-state index in [1.807, 2.05) is 0 Å². The summed E-state index contributed by atoms with van der Waals surface area (Å²) in [6.07, 6.45) is 1.53. The number of fused-ring (bicyclic) bond motifs is 1. The Labute approximate surface area is 123 Å². The van der Waals surface area contributed by atoms with Crippen LogP contribution in [0.2, 0.25) is 5.02 Å². The molecule has 0 spiro atoms. The number of halogens is 1. The van der Waals surface area contributed by atoms with Crippen molar-refractivity contribution in [3.05, 3.63) is 41.0 Å². The minimum absolute atomic E-state index is 0.0926. The number of sulfonamides is 1. The molecule has 1 aromatic carbocycles. The Morgan fingerprint density at radius 3 is 2.85 bits per heavy atom. The summed E-state index contributed by atoms with van der Waals surface area (Å²) in [6.45, 7) is 0. The molecule has 2 aromatic heterocycles. The number of nitrogens with one attached hydrogen (secondary N) is 1. The molecular weight excluding hydrogens is 320 g/mol. The van der Waals surface area contributed by atoms with Crippen LogP contribution < -0.4 is 4.72 Å². The Kier molecular flexibility index (Phi) is 3.28. The molecular formula is C11H7ClN4O2S2. The number of rotatable bonds is 3. The van der Waals surface area contributed by atoms with Crippen molar-refractivity contribution in [2.45, 2.75) is 4.90 Å². The highest BCUT2D eigenvalue weighted by Gasteiger charge is 2.16. The highest BCUT2D eigenvalue weighted by molar-refractivity contribution is 7.93. The number of hydrogen-bond acceptors (Lipinski definition) is 6. The van der Waals surface area contributed by atoms with Gasteiger partial charge in [0.15, 0.2) is 0 Å². The maximum absolute atomic E-state index is 12.2. The zero-order valence-electron chi connectivity index (χ0n) is 9.82. The van der Waals surface area contributed by atoms with E-state index in [4.69, 9.17) is 11.6 Å². The second kappa shape index (κ2) is 4.97. The largest absolute Gasteiger partial charge is 0.263 e. The summed E-state index contributed by atoms with van der Waals surface area (Å²) >= 11 is 7.12. The monoisotopic (exact) mass is 326 g/mol. The van der Waals surface area contributed by atoms with Crippen LogP contribution in [0.4, 0.5) is 5.13 Å². The standard InChI is InChI=1S/C11H7ClN4O2S2/c12-9-3-4-13-10-5-7(1-2-8(9)10)20(17,18)16-11-15-14-6-19-11/h1-6H,(H,15,16). The van der Waals surface area contributed by atoms with E-state index >= 15 is 0 Å². The molecule has 0 aliphatic heterocycles. The maximum Gasteiger partial charge on any atom is 0.263 e.